The first-order chi connectivity index (χ1) is 10.1. The van der Waals surface area contributed by atoms with E-state index in [4.69, 9.17) is 0 Å². The van der Waals surface area contributed by atoms with E-state index in [1.54, 1.807) is 7.05 Å². The van der Waals surface area contributed by atoms with Crippen LogP contribution in [0.2, 0.25) is 0 Å². The first kappa shape index (κ1) is 13.8. The van der Waals surface area contributed by atoms with Crippen LogP contribution in [0.5, 0.6) is 0 Å². The van der Waals surface area contributed by atoms with Crippen molar-refractivity contribution in [2.24, 2.45) is 5.92 Å². The van der Waals surface area contributed by atoms with Crippen molar-refractivity contribution in [3.05, 3.63) is 27.9 Å². The van der Waals surface area contributed by atoms with Gasteiger partial charge in [0.25, 0.3) is 11.6 Å². The molecule has 0 aromatic carbocycles. The van der Waals surface area contributed by atoms with Gasteiger partial charge in [-0.15, -0.1) is 0 Å². The minimum atomic E-state index is -0.540. The number of carbonyl (C=O) groups excluding carboxylic acids is 1. The number of nitrogens with zero attached hydrogens (tertiary/aromatic N) is 3. The molecule has 21 heavy (non-hydrogen) atoms. The maximum atomic E-state index is 12.7. The van der Waals surface area contributed by atoms with E-state index in [0.29, 0.717) is 11.7 Å². The molecule has 1 N–H and O–H groups in total. The summed E-state index contributed by atoms with van der Waals surface area (Å²) in [5.74, 6) is 0.792. The Morgan fingerprint density at radius 3 is 2.71 bits per heavy atom. The molecule has 2 saturated carbocycles. The second-order valence-corrected chi connectivity index (χ2v) is 5.73. The van der Waals surface area contributed by atoms with E-state index in [0.717, 1.165) is 38.4 Å². The molecule has 0 unspecified atom stereocenters. The summed E-state index contributed by atoms with van der Waals surface area (Å²) in [6.07, 6.45) is 5.45. The van der Waals surface area contributed by atoms with Gasteiger partial charge in [0.05, 0.1) is 4.92 Å². The number of aromatic nitrogens is 1. The van der Waals surface area contributed by atoms with Crippen LogP contribution in [0, 0.1) is 16.0 Å². The van der Waals surface area contributed by atoms with E-state index in [1.165, 1.54) is 6.07 Å². The Balaban J connectivity index is 1.91. The summed E-state index contributed by atoms with van der Waals surface area (Å²) in [5, 5.41) is 14.0. The minimum Gasteiger partial charge on any atom is -0.373 e. The number of rotatable bonds is 6. The number of nitrogens with one attached hydrogen (secondary N) is 1. The third kappa shape index (κ3) is 2.96. The maximum absolute atomic E-state index is 12.7. The molecular formula is C14H18N4O3. The molecule has 2 aliphatic rings. The summed E-state index contributed by atoms with van der Waals surface area (Å²) in [6, 6.07) is 1.73. The lowest BCUT2D eigenvalue weighted by atomic mass is 10.1. The summed E-state index contributed by atoms with van der Waals surface area (Å²) in [7, 11) is 1.67. The zero-order valence-electron chi connectivity index (χ0n) is 11.9. The van der Waals surface area contributed by atoms with Crippen molar-refractivity contribution in [1.29, 1.82) is 0 Å². The predicted octanol–water partition coefficient (Wildman–Crippen LogP) is 2.05. The van der Waals surface area contributed by atoms with Crippen LogP contribution in [0.3, 0.4) is 0 Å². The Bertz CT molecular complexity index is 582. The molecular weight excluding hydrogens is 272 g/mol. The fourth-order valence-corrected chi connectivity index (χ4v) is 2.42. The SMILES string of the molecule is CNc1cc(C(=O)N(CC2CC2)C2CC2)c([N+](=O)[O-])cn1. The second-order valence-electron chi connectivity index (χ2n) is 5.73. The van der Waals surface area contributed by atoms with E-state index in [1.807, 2.05) is 4.90 Å². The van der Waals surface area contributed by atoms with Crippen molar-refractivity contribution in [1.82, 2.24) is 9.88 Å². The standard InChI is InChI=1S/C14H18N4O3/c1-15-13-6-11(12(7-16-13)18(20)21)14(19)17(10-4-5-10)8-9-2-3-9/h6-7,9-10H,2-5,8H2,1H3,(H,15,16). The van der Waals surface area contributed by atoms with Crippen LogP contribution >= 0.6 is 0 Å². The third-order valence-electron chi connectivity index (χ3n) is 3.97. The van der Waals surface area contributed by atoms with E-state index in [9.17, 15) is 14.9 Å². The molecule has 1 amide bonds. The molecule has 1 aromatic rings. The summed E-state index contributed by atoms with van der Waals surface area (Å²) in [5.41, 5.74) is -0.0904. The highest BCUT2D eigenvalue weighted by Gasteiger charge is 2.38. The summed E-state index contributed by atoms with van der Waals surface area (Å²) < 4.78 is 0. The van der Waals surface area contributed by atoms with E-state index >= 15 is 0 Å². The van der Waals surface area contributed by atoms with Gasteiger partial charge in [-0.05, 0) is 31.6 Å². The van der Waals surface area contributed by atoms with Crippen molar-refractivity contribution in [2.75, 3.05) is 18.9 Å². The Morgan fingerprint density at radius 2 is 2.19 bits per heavy atom. The molecule has 1 aromatic heterocycles. The number of carbonyl (C=O) groups is 1. The van der Waals surface area contributed by atoms with E-state index in [-0.39, 0.29) is 23.2 Å². The predicted molar refractivity (Wildman–Crippen MR) is 77.2 cm³/mol. The molecule has 7 heteroatoms. The summed E-state index contributed by atoms with van der Waals surface area (Å²) in [4.78, 5) is 29.1. The molecule has 112 valence electrons. The molecule has 0 radical (unpaired) electrons. The fourth-order valence-electron chi connectivity index (χ4n) is 2.42. The van der Waals surface area contributed by atoms with Gasteiger partial charge in [0.15, 0.2) is 0 Å². The molecule has 0 bridgehead atoms. The van der Waals surface area contributed by atoms with Gasteiger partial charge in [-0.2, -0.15) is 0 Å². The quantitative estimate of drug-likeness (QED) is 0.640. The molecule has 0 saturated heterocycles. The molecule has 0 atom stereocenters. The topological polar surface area (TPSA) is 88.4 Å². The zero-order valence-corrected chi connectivity index (χ0v) is 11.9. The van der Waals surface area contributed by atoms with Crippen molar-refractivity contribution < 1.29 is 9.72 Å². The van der Waals surface area contributed by atoms with Crippen LogP contribution in [0.25, 0.3) is 0 Å². The van der Waals surface area contributed by atoms with Gasteiger partial charge < -0.3 is 10.2 Å². The van der Waals surface area contributed by atoms with Crippen molar-refractivity contribution >= 4 is 17.4 Å². The van der Waals surface area contributed by atoms with Gasteiger partial charge in [-0.25, -0.2) is 4.98 Å². The van der Waals surface area contributed by atoms with Crippen LogP contribution in [0.15, 0.2) is 12.3 Å². The van der Waals surface area contributed by atoms with Gasteiger partial charge in [0.1, 0.15) is 17.6 Å². The van der Waals surface area contributed by atoms with Gasteiger partial charge in [-0.3, -0.25) is 14.9 Å². The number of pyridine rings is 1. The van der Waals surface area contributed by atoms with E-state index < -0.39 is 4.92 Å². The molecule has 0 aliphatic heterocycles. The molecule has 2 aliphatic carbocycles. The smallest absolute Gasteiger partial charge is 0.300 e. The van der Waals surface area contributed by atoms with Crippen molar-refractivity contribution in [2.45, 2.75) is 31.7 Å². The number of amides is 1. The Labute approximate surface area is 122 Å². The second kappa shape index (κ2) is 5.31. The van der Waals surface area contributed by atoms with Crippen molar-refractivity contribution in [3.8, 4) is 0 Å². The Kier molecular flexibility index (Phi) is 3.48. The number of nitro groups is 1. The fraction of sp³-hybridized carbons (Fsp3) is 0.571. The number of hydrogen-bond donors (Lipinski definition) is 1. The summed E-state index contributed by atoms with van der Waals surface area (Å²) in [6.45, 7) is 0.720. The van der Waals surface area contributed by atoms with Gasteiger partial charge in [0.2, 0.25) is 0 Å². The number of anilines is 1. The van der Waals surface area contributed by atoms with Gasteiger partial charge in [0, 0.05) is 25.7 Å². The molecule has 1 heterocycles. The maximum Gasteiger partial charge on any atom is 0.300 e. The number of hydrogen-bond acceptors (Lipinski definition) is 5. The highest BCUT2D eigenvalue weighted by molar-refractivity contribution is 5.99. The normalized spacial score (nSPS) is 17.4. The lowest BCUT2D eigenvalue weighted by Crippen LogP contribution is -2.35. The highest BCUT2D eigenvalue weighted by atomic mass is 16.6. The van der Waals surface area contributed by atoms with Crippen LogP contribution in [-0.2, 0) is 0 Å². The lowest BCUT2D eigenvalue weighted by Gasteiger charge is -2.22. The average Bonchev–Trinajstić information content (AvgIpc) is 3.36. The van der Waals surface area contributed by atoms with Crippen LogP contribution in [-0.4, -0.2) is 40.3 Å². The minimum absolute atomic E-state index is 0.131. The van der Waals surface area contributed by atoms with Gasteiger partial charge in [-0.1, -0.05) is 0 Å². The zero-order chi connectivity index (χ0) is 15.0. The van der Waals surface area contributed by atoms with E-state index in [2.05, 4.69) is 10.3 Å². The first-order valence-electron chi connectivity index (χ1n) is 7.23. The Hall–Kier alpha value is -2.18. The largest absolute Gasteiger partial charge is 0.373 e. The van der Waals surface area contributed by atoms with Crippen LogP contribution < -0.4 is 5.32 Å². The average molecular weight is 290 g/mol. The monoisotopic (exact) mass is 290 g/mol. The lowest BCUT2D eigenvalue weighted by molar-refractivity contribution is -0.385. The Morgan fingerprint density at radius 1 is 1.48 bits per heavy atom. The third-order valence-corrected chi connectivity index (χ3v) is 3.97. The molecule has 3 rings (SSSR count). The molecule has 2 fully saturated rings. The van der Waals surface area contributed by atoms with Gasteiger partial charge >= 0.3 is 0 Å². The molecule has 7 nitrogen and oxygen atoms in total. The first-order valence-corrected chi connectivity index (χ1v) is 7.23. The van der Waals surface area contributed by atoms with Crippen LogP contribution in [0.4, 0.5) is 11.5 Å². The molecule has 0 spiro atoms. The van der Waals surface area contributed by atoms with Crippen LogP contribution in [0.1, 0.15) is 36.0 Å². The highest BCUT2D eigenvalue weighted by Crippen LogP contribution is 2.36. The summed E-state index contributed by atoms with van der Waals surface area (Å²) >= 11 is 0. The van der Waals surface area contributed by atoms with Crippen molar-refractivity contribution in [3.63, 3.8) is 0 Å².